The van der Waals surface area contributed by atoms with Gasteiger partial charge in [-0.25, -0.2) is 4.99 Å². The smallest absolute Gasteiger partial charge is 0.303 e. The summed E-state index contributed by atoms with van der Waals surface area (Å²) in [6.07, 6.45) is 2.56. The second-order valence-corrected chi connectivity index (χ2v) is 10.7. The number of para-hydroxylation sites is 1. The molecule has 0 radical (unpaired) electrons. The lowest BCUT2D eigenvalue weighted by molar-refractivity contribution is -0.138. The van der Waals surface area contributed by atoms with E-state index in [1.807, 2.05) is 24.3 Å². The highest BCUT2D eigenvalue weighted by Crippen LogP contribution is 2.19. The molecule has 44 heavy (non-hydrogen) atoms. The summed E-state index contributed by atoms with van der Waals surface area (Å²) in [7, 11) is 0. The molecule has 1 unspecified atom stereocenters. The third-order valence-electron chi connectivity index (χ3n) is 6.84. The number of hydrogen-bond donors (Lipinski definition) is 8. The summed E-state index contributed by atoms with van der Waals surface area (Å²) in [5.74, 6) is -4.23. The van der Waals surface area contributed by atoms with Crippen molar-refractivity contribution in [1.82, 2.24) is 26.3 Å². The van der Waals surface area contributed by atoms with Crippen molar-refractivity contribution in [2.24, 2.45) is 10.7 Å². The molecule has 0 aliphatic rings. The standard InChI is InChI=1S/C29H41N7O7S/c1-17(26(40)35-21(27(41)31-2)9-5-6-13-30)33-28(42)22(10-11-25(38)39)36-29(43)23(34-24(37)12-14-44)15-18-16-32-20-8-4-3-7-19(18)20/h3-4,7-8,16-17,21-23,32,44H,2,5-6,9-15,30H2,1H3,(H,33,42)(H,34,37)(H,35,40)(H,36,43)(H,38,39)/t17-,21-,22-,23?/m0/s1. The zero-order chi connectivity index (χ0) is 32.6. The molecule has 0 aliphatic heterocycles. The zero-order valence-electron chi connectivity index (χ0n) is 24.6. The van der Waals surface area contributed by atoms with Crippen LogP contribution in [0.2, 0.25) is 0 Å². The molecule has 0 saturated carbocycles. The molecule has 0 fully saturated rings. The largest absolute Gasteiger partial charge is 0.481 e. The van der Waals surface area contributed by atoms with Gasteiger partial charge in [-0.3, -0.25) is 28.8 Å². The molecule has 8 N–H and O–H groups in total. The highest BCUT2D eigenvalue weighted by Gasteiger charge is 2.30. The third-order valence-corrected chi connectivity index (χ3v) is 7.06. The van der Waals surface area contributed by atoms with Crippen LogP contribution in [0.4, 0.5) is 0 Å². The minimum Gasteiger partial charge on any atom is -0.481 e. The fourth-order valence-corrected chi connectivity index (χ4v) is 4.65. The number of carboxylic acid groups (broad SMARTS) is 1. The third kappa shape index (κ3) is 11.4. The van der Waals surface area contributed by atoms with E-state index in [0.717, 1.165) is 16.5 Å². The number of fused-ring (bicyclic) bond motifs is 1. The number of carbonyl (C=O) groups excluding carboxylic acids is 5. The molecular weight excluding hydrogens is 590 g/mol. The molecule has 5 amide bonds. The number of aromatic nitrogens is 1. The van der Waals surface area contributed by atoms with Gasteiger partial charge < -0.3 is 37.1 Å². The Kier molecular flexibility index (Phi) is 15.1. The number of H-pyrrole nitrogens is 1. The summed E-state index contributed by atoms with van der Waals surface area (Å²) in [5.41, 5.74) is 7.08. The van der Waals surface area contributed by atoms with Crippen LogP contribution in [0.3, 0.4) is 0 Å². The predicted octanol–water partition coefficient (Wildman–Crippen LogP) is 0.210. The van der Waals surface area contributed by atoms with E-state index in [4.69, 9.17) is 5.73 Å². The van der Waals surface area contributed by atoms with E-state index < -0.39 is 66.1 Å². The molecule has 0 bridgehead atoms. The average Bonchev–Trinajstić information content (AvgIpc) is 3.40. The van der Waals surface area contributed by atoms with Gasteiger partial charge in [0.25, 0.3) is 5.91 Å². The number of carbonyl (C=O) groups is 6. The number of aromatic amines is 1. The van der Waals surface area contributed by atoms with Gasteiger partial charge in [-0.2, -0.15) is 12.6 Å². The highest BCUT2D eigenvalue weighted by molar-refractivity contribution is 7.80. The van der Waals surface area contributed by atoms with Gasteiger partial charge in [0, 0.05) is 36.4 Å². The first-order chi connectivity index (χ1) is 21.0. The Hall–Kier alpha value is -4.24. The maximum atomic E-state index is 13.5. The monoisotopic (exact) mass is 631 g/mol. The Morgan fingerprint density at radius 2 is 1.61 bits per heavy atom. The molecule has 0 aliphatic carbocycles. The van der Waals surface area contributed by atoms with Crippen LogP contribution >= 0.6 is 12.6 Å². The molecule has 2 aromatic rings. The summed E-state index contributed by atoms with van der Waals surface area (Å²) < 4.78 is 0. The Labute approximate surface area is 260 Å². The number of benzene rings is 1. The quantitative estimate of drug-likeness (QED) is 0.0606. The van der Waals surface area contributed by atoms with Crippen molar-refractivity contribution in [3.63, 3.8) is 0 Å². The number of nitrogens with one attached hydrogen (secondary N) is 5. The molecule has 1 aromatic heterocycles. The molecule has 1 heterocycles. The second-order valence-electron chi connectivity index (χ2n) is 10.2. The average molecular weight is 632 g/mol. The van der Waals surface area contributed by atoms with Gasteiger partial charge in [0.2, 0.25) is 23.6 Å². The van der Waals surface area contributed by atoms with Crippen molar-refractivity contribution >= 4 is 65.8 Å². The fourth-order valence-electron chi connectivity index (χ4n) is 4.44. The van der Waals surface area contributed by atoms with Gasteiger partial charge in [-0.05, 0) is 63.3 Å². The molecule has 240 valence electrons. The van der Waals surface area contributed by atoms with E-state index in [2.05, 4.69) is 50.6 Å². The van der Waals surface area contributed by atoms with Crippen LogP contribution in [0.5, 0.6) is 0 Å². The fraction of sp³-hybridized carbons (Fsp3) is 0.483. The Morgan fingerprint density at radius 1 is 0.932 bits per heavy atom. The van der Waals surface area contributed by atoms with Gasteiger partial charge in [0.15, 0.2) is 0 Å². The number of hydrogen-bond acceptors (Lipinski definition) is 8. The highest BCUT2D eigenvalue weighted by atomic mass is 32.1. The molecule has 15 heteroatoms. The molecule has 14 nitrogen and oxygen atoms in total. The van der Waals surface area contributed by atoms with Crippen LogP contribution in [0.1, 0.15) is 51.0 Å². The molecule has 0 saturated heterocycles. The first-order valence-electron chi connectivity index (χ1n) is 14.3. The van der Waals surface area contributed by atoms with Crippen LogP contribution in [0.25, 0.3) is 10.9 Å². The molecule has 0 spiro atoms. The molecule has 1 aromatic carbocycles. The first kappa shape index (κ1) is 36.0. The van der Waals surface area contributed by atoms with Gasteiger partial charge in [0.05, 0.1) is 0 Å². The number of carboxylic acids is 1. The summed E-state index contributed by atoms with van der Waals surface area (Å²) in [5, 5.41) is 20.3. The van der Waals surface area contributed by atoms with Crippen LogP contribution in [-0.2, 0) is 35.2 Å². The van der Waals surface area contributed by atoms with Gasteiger partial charge in [-0.1, -0.05) is 18.2 Å². The van der Waals surface area contributed by atoms with E-state index in [9.17, 15) is 33.9 Å². The van der Waals surface area contributed by atoms with E-state index >= 15 is 0 Å². The number of nitrogens with zero attached hydrogens (tertiary/aromatic N) is 1. The van der Waals surface area contributed by atoms with Crippen LogP contribution < -0.4 is 27.0 Å². The maximum Gasteiger partial charge on any atom is 0.303 e. The molecule has 2 rings (SSSR count). The van der Waals surface area contributed by atoms with Crippen molar-refractivity contribution in [2.75, 3.05) is 12.3 Å². The Bertz CT molecular complexity index is 1330. The molecule has 4 atom stereocenters. The number of rotatable bonds is 19. The van der Waals surface area contributed by atoms with Gasteiger partial charge in [0.1, 0.15) is 24.2 Å². The lowest BCUT2D eigenvalue weighted by Crippen LogP contribution is -2.57. The summed E-state index contributed by atoms with van der Waals surface area (Å²) in [6, 6.07) is 2.85. The van der Waals surface area contributed by atoms with Gasteiger partial charge in [-0.15, -0.1) is 0 Å². The number of unbranched alkanes of at least 4 members (excludes halogenated alkanes) is 1. The lowest BCUT2D eigenvalue weighted by atomic mass is 10.0. The lowest BCUT2D eigenvalue weighted by Gasteiger charge is -2.25. The van der Waals surface area contributed by atoms with E-state index in [1.165, 1.54) is 6.92 Å². The van der Waals surface area contributed by atoms with Crippen LogP contribution in [-0.4, -0.2) is 88.8 Å². The van der Waals surface area contributed by atoms with Crippen LogP contribution in [0, 0.1) is 0 Å². The second kappa shape index (κ2) is 18.4. The first-order valence-corrected chi connectivity index (χ1v) is 14.9. The number of thiol groups is 1. The summed E-state index contributed by atoms with van der Waals surface area (Å²) >= 11 is 4.07. The number of nitrogens with two attached hydrogens (primary N) is 1. The number of aliphatic imine (C=N–C) groups is 1. The normalized spacial score (nSPS) is 13.6. The maximum absolute atomic E-state index is 13.5. The van der Waals surface area contributed by atoms with Crippen molar-refractivity contribution in [3.05, 3.63) is 36.0 Å². The summed E-state index contributed by atoms with van der Waals surface area (Å²) in [6.45, 7) is 5.00. The minimum absolute atomic E-state index is 0.0490. The Morgan fingerprint density at radius 3 is 2.27 bits per heavy atom. The van der Waals surface area contributed by atoms with Crippen molar-refractivity contribution in [1.29, 1.82) is 0 Å². The van der Waals surface area contributed by atoms with Gasteiger partial charge >= 0.3 is 5.97 Å². The molecular formula is C29H41N7O7S. The minimum atomic E-state index is -1.35. The van der Waals surface area contributed by atoms with Crippen LogP contribution in [0.15, 0.2) is 35.5 Å². The number of amides is 5. The topological polar surface area (TPSA) is 225 Å². The Balaban J connectivity index is 2.19. The van der Waals surface area contributed by atoms with E-state index in [-0.39, 0.29) is 31.4 Å². The summed E-state index contributed by atoms with van der Waals surface area (Å²) in [4.78, 5) is 81.9. The van der Waals surface area contributed by atoms with Crippen molar-refractivity contribution in [2.45, 2.75) is 76.0 Å². The number of aliphatic carboxylic acids is 1. The SMILES string of the molecule is C=NC(=O)[C@H](CCCCN)NC(=O)[C@H](C)NC(=O)[C@H](CCC(=O)O)NC(=O)C(Cc1c[nH]c2ccccc12)NC(=O)CCS. The van der Waals surface area contributed by atoms with E-state index in [1.54, 1.807) is 6.20 Å². The van der Waals surface area contributed by atoms with Crippen molar-refractivity contribution in [3.8, 4) is 0 Å². The van der Waals surface area contributed by atoms with Crippen molar-refractivity contribution < 1.29 is 33.9 Å². The zero-order valence-corrected chi connectivity index (χ0v) is 25.5. The van der Waals surface area contributed by atoms with E-state index in [0.29, 0.717) is 19.4 Å². The predicted molar refractivity (Wildman–Crippen MR) is 168 cm³/mol.